The summed E-state index contributed by atoms with van der Waals surface area (Å²) >= 11 is 4.24. The highest BCUT2D eigenvalue weighted by atomic mass is 128. The van der Waals surface area contributed by atoms with E-state index < -0.39 is 0 Å². The van der Waals surface area contributed by atoms with E-state index in [1.165, 1.54) is 17.9 Å². The lowest BCUT2D eigenvalue weighted by atomic mass is 10.5. The standard InChI is InChI=1S/C8H10N4O2.I2/c1-10-4-9-6-5(10)7(13)12(3)8(14)11(6)2;1-2/h4H,1-3H3;. The molecule has 0 saturated carbocycles. The Labute approximate surface area is 115 Å². The molecule has 0 bridgehead atoms. The van der Waals surface area contributed by atoms with Crippen molar-refractivity contribution in [2.75, 3.05) is 0 Å². The Hall–Kier alpha value is -0.390. The maximum atomic E-state index is 11.7. The minimum Gasteiger partial charge on any atom is -0.328 e. The molecule has 8 heteroatoms. The molecule has 0 radical (unpaired) electrons. The van der Waals surface area contributed by atoms with Crippen LogP contribution in [0.5, 0.6) is 0 Å². The third-order valence-corrected chi connectivity index (χ3v) is 2.32. The predicted octanol–water partition coefficient (Wildman–Crippen LogP) is 0.742. The average Bonchev–Trinajstić information content (AvgIpc) is 2.68. The highest BCUT2D eigenvalue weighted by molar-refractivity contribution is 15.0. The predicted molar refractivity (Wildman–Crippen MR) is 79.2 cm³/mol. The summed E-state index contributed by atoms with van der Waals surface area (Å²) in [5, 5.41) is 0. The SMILES string of the molecule is Cn1c(=O)c2c(ncn2C)n(C)c1=O.II. The van der Waals surface area contributed by atoms with Crippen LogP contribution in [0, 0.1) is 0 Å². The molecule has 0 fully saturated rings. The minimum absolute atomic E-state index is 0.317. The van der Waals surface area contributed by atoms with Crippen molar-refractivity contribution in [3.8, 4) is 0 Å². The Balaban J connectivity index is 0.000000606. The van der Waals surface area contributed by atoms with Crippen LogP contribution in [0.4, 0.5) is 0 Å². The fourth-order valence-electron chi connectivity index (χ4n) is 1.47. The van der Waals surface area contributed by atoms with Crippen LogP contribution in [0.3, 0.4) is 0 Å². The first-order chi connectivity index (χ1) is 7.54. The zero-order chi connectivity index (χ0) is 12.5. The van der Waals surface area contributed by atoms with Crippen molar-refractivity contribution < 1.29 is 0 Å². The molecule has 0 saturated heterocycles. The summed E-state index contributed by atoms with van der Waals surface area (Å²) in [7, 11) is 4.77. The van der Waals surface area contributed by atoms with Crippen LogP contribution < -0.4 is 11.2 Å². The maximum absolute atomic E-state index is 11.7. The number of hydrogen-bond donors (Lipinski definition) is 0. The van der Waals surface area contributed by atoms with Gasteiger partial charge < -0.3 is 4.57 Å². The van der Waals surface area contributed by atoms with Crippen LogP contribution in [0.25, 0.3) is 11.2 Å². The van der Waals surface area contributed by atoms with Gasteiger partial charge in [-0.2, -0.15) is 0 Å². The van der Waals surface area contributed by atoms with Crippen LogP contribution in [0.1, 0.15) is 0 Å². The molecule has 0 N–H and O–H groups in total. The number of imidazole rings is 1. The van der Waals surface area contributed by atoms with E-state index in [4.69, 9.17) is 0 Å². The lowest BCUT2D eigenvalue weighted by molar-refractivity contribution is 0.705. The molecule has 0 spiro atoms. The third-order valence-electron chi connectivity index (χ3n) is 2.32. The number of rotatable bonds is 0. The van der Waals surface area contributed by atoms with Crippen molar-refractivity contribution >= 4 is 48.4 Å². The van der Waals surface area contributed by atoms with Crippen LogP contribution >= 0.6 is 37.2 Å². The average molecular weight is 448 g/mol. The summed E-state index contributed by atoms with van der Waals surface area (Å²) in [6, 6.07) is 0. The van der Waals surface area contributed by atoms with E-state index in [2.05, 4.69) is 42.2 Å². The number of nitrogens with zero attached hydrogens (tertiary/aromatic N) is 4. The van der Waals surface area contributed by atoms with Crippen molar-refractivity contribution in [3.05, 3.63) is 27.2 Å². The summed E-state index contributed by atoms with van der Waals surface area (Å²) in [4.78, 5) is 27.2. The molecule has 2 heterocycles. The molecule has 0 amide bonds. The van der Waals surface area contributed by atoms with Gasteiger partial charge in [0.2, 0.25) is 0 Å². The quantitative estimate of drug-likeness (QED) is 0.560. The van der Waals surface area contributed by atoms with Crippen molar-refractivity contribution in [1.29, 1.82) is 0 Å². The van der Waals surface area contributed by atoms with E-state index in [1.54, 1.807) is 18.7 Å². The van der Waals surface area contributed by atoms with Crippen LogP contribution in [0.15, 0.2) is 15.9 Å². The summed E-state index contributed by atoms with van der Waals surface area (Å²) in [6.45, 7) is 0. The second-order valence-corrected chi connectivity index (χ2v) is 3.23. The van der Waals surface area contributed by atoms with Gasteiger partial charge >= 0.3 is 5.69 Å². The smallest absolute Gasteiger partial charge is 0.328 e. The van der Waals surface area contributed by atoms with Crippen molar-refractivity contribution in [1.82, 2.24) is 18.7 Å². The Kier molecular flexibility index (Phi) is 4.52. The Morgan fingerprint density at radius 2 is 1.69 bits per heavy atom. The van der Waals surface area contributed by atoms with Crippen molar-refractivity contribution in [2.24, 2.45) is 21.1 Å². The monoisotopic (exact) mass is 448 g/mol. The number of aromatic nitrogens is 4. The first kappa shape index (κ1) is 13.7. The minimum atomic E-state index is -0.360. The molecular weight excluding hydrogens is 438 g/mol. The second-order valence-electron chi connectivity index (χ2n) is 3.23. The second kappa shape index (κ2) is 5.29. The summed E-state index contributed by atoms with van der Waals surface area (Å²) < 4.78 is 4.04. The molecule has 0 aromatic carbocycles. The van der Waals surface area contributed by atoms with Gasteiger partial charge in [0.1, 0.15) is 0 Å². The van der Waals surface area contributed by atoms with Gasteiger partial charge in [0.25, 0.3) is 5.56 Å². The Bertz CT molecular complexity index is 625. The van der Waals surface area contributed by atoms with Gasteiger partial charge in [-0.15, -0.1) is 0 Å². The lowest BCUT2D eigenvalue weighted by Crippen LogP contribution is -2.37. The van der Waals surface area contributed by atoms with Gasteiger partial charge in [-0.05, 0) is 0 Å². The molecular formula is C8H10I2N4O2. The van der Waals surface area contributed by atoms with E-state index in [1.807, 2.05) is 0 Å². The van der Waals surface area contributed by atoms with Crippen molar-refractivity contribution in [3.63, 3.8) is 0 Å². The Morgan fingerprint density at radius 1 is 1.12 bits per heavy atom. The highest BCUT2D eigenvalue weighted by Crippen LogP contribution is 2.01. The molecule has 16 heavy (non-hydrogen) atoms. The topological polar surface area (TPSA) is 61.8 Å². The number of aryl methyl sites for hydroxylation is 2. The van der Waals surface area contributed by atoms with Crippen LogP contribution in [-0.4, -0.2) is 18.7 Å². The lowest BCUT2D eigenvalue weighted by Gasteiger charge is -2.02. The van der Waals surface area contributed by atoms with Gasteiger partial charge in [0.05, 0.1) is 6.33 Å². The molecule has 0 aliphatic heterocycles. The van der Waals surface area contributed by atoms with E-state index in [0.717, 1.165) is 4.57 Å². The van der Waals surface area contributed by atoms with Gasteiger partial charge in [-0.3, -0.25) is 13.9 Å². The maximum Gasteiger partial charge on any atom is 0.332 e. The van der Waals surface area contributed by atoms with E-state index in [0.29, 0.717) is 11.2 Å². The number of halogens is 2. The van der Waals surface area contributed by atoms with Gasteiger partial charge in [-0.25, -0.2) is 9.78 Å². The summed E-state index contributed by atoms with van der Waals surface area (Å²) in [6.07, 6.45) is 1.52. The molecule has 88 valence electrons. The fourth-order valence-corrected chi connectivity index (χ4v) is 1.47. The highest BCUT2D eigenvalue weighted by Gasteiger charge is 2.11. The molecule has 0 aliphatic carbocycles. The van der Waals surface area contributed by atoms with Crippen LogP contribution in [-0.2, 0) is 21.1 Å². The molecule has 2 aromatic rings. The zero-order valence-corrected chi connectivity index (χ0v) is 13.3. The molecule has 6 nitrogen and oxygen atoms in total. The number of fused-ring (bicyclic) bond motifs is 1. The molecule has 0 aliphatic rings. The van der Waals surface area contributed by atoms with Gasteiger partial charge in [0, 0.05) is 58.4 Å². The zero-order valence-electron chi connectivity index (χ0n) is 8.94. The van der Waals surface area contributed by atoms with E-state index in [-0.39, 0.29) is 11.2 Å². The first-order valence-corrected chi connectivity index (χ1v) is 10.5. The third kappa shape index (κ3) is 2.04. The van der Waals surface area contributed by atoms with E-state index in [9.17, 15) is 9.59 Å². The van der Waals surface area contributed by atoms with Crippen LogP contribution in [0.2, 0.25) is 0 Å². The Morgan fingerprint density at radius 3 is 2.25 bits per heavy atom. The fraction of sp³-hybridized carbons (Fsp3) is 0.375. The molecule has 2 rings (SSSR count). The largest absolute Gasteiger partial charge is 0.332 e. The molecule has 0 unspecified atom stereocenters. The van der Waals surface area contributed by atoms with Gasteiger partial charge in [-0.1, -0.05) is 0 Å². The summed E-state index contributed by atoms with van der Waals surface area (Å²) in [5.74, 6) is 0. The van der Waals surface area contributed by atoms with Crippen molar-refractivity contribution in [2.45, 2.75) is 0 Å². The molecule has 2 aromatic heterocycles. The number of hydrogen-bond acceptors (Lipinski definition) is 3. The first-order valence-electron chi connectivity index (χ1n) is 4.25. The summed E-state index contributed by atoms with van der Waals surface area (Å²) in [5.41, 5.74) is 0.180. The molecule has 0 atom stereocenters. The van der Waals surface area contributed by atoms with E-state index >= 15 is 0 Å². The normalized spacial score (nSPS) is 10.1. The van der Waals surface area contributed by atoms with Gasteiger partial charge in [0.15, 0.2) is 11.2 Å².